The van der Waals surface area contributed by atoms with Crippen molar-refractivity contribution in [1.82, 2.24) is 4.90 Å². The van der Waals surface area contributed by atoms with Crippen molar-refractivity contribution in [3.63, 3.8) is 0 Å². The van der Waals surface area contributed by atoms with E-state index in [4.69, 9.17) is 16.3 Å². The molecule has 1 aromatic carbocycles. The van der Waals surface area contributed by atoms with Crippen LogP contribution >= 0.6 is 11.6 Å². The Labute approximate surface area is 123 Å². The van der Waals surface area contributed by atoms with Crippen LogP contribution in [0.5, 0.6) is 0 Å². The lowest BCUT2D eigenvalue weighted by Gasteiger charge is -2.21. The van der Waals surface area contributed by atoms with E-state index in [1.165, 1.54) is 0 Å². The van der Waals surface area contributed by atoms with Crippen molar-refractivity contribution in [1.29, 1.82) is 0 Å². The molecule has 0 unspecified atom stereocenters. The van der Waals surface area contributed by atoms with Crippen LogP contribution in [0.1, 0.15) is 25.3 Å². The summed E-state index contributed by atoms with van der Waals surface area (Å²) in [4.78, 5) is 25.5. The number of esters is 1. The summed E-state index contributed by atoms with van der Waals surface area (Å²) in [6.07, 6.45) is 2.21. The molecule has 0 radical (unpaired) electrons. The molecule has 0 aliphatic heterocycles. The van der Waals surface area contributed by atoms with Gasteiger partial charge in [0, 0.05) is 11.1 Å². The summed E-state index contributed by atoms with van der Waals surface area (Å²) in [5.74, 6) is -0.383. The van der Waals surface area contributed by atoms with Crippen molar-refractivity contribution in [2.45, 2.75) is 32.2 Å². The zero-order valence-corrected chi connectivity index (χ0v) is 12.2. The lowest BCUT2D eigenvalue weighted by Crippen LogP contribution is -2.39. The molecule has 1 amide bonds. The van der Waals surface area contributed by atoms with E-state index in [-0.39, 0.29) is 30.9 Å². The number of hydrogen-bond acceptors (Lipinski definition) is 3. The molecule has 1 saturated carbocycles. The fourth-order valence-corrected chi connectivity index (χ4v) is 2.16. The Balaban J connectivity index is 1.96. The molecule has 0 aromatic heterocycles. The van der Waals surface area contributed by atoms with Gasteiger partial charge in [0.15, 0.2) is 0 Å². The zero-order chi connectivity index (χ0) is 14.5. The number of amides is 1. The second-order valence-corrected chi connectivity index (χ2v) is 5.30. The number of carbonyl (C=O) groups excluding carboxylic acids is 2. The van der Waals surface area contributed by atoms with Crippen molar-refractivity contribution in [2.75, 3.05) is 13.2 Å². The highest BCUT2D eigenvalue weighted by Gasteiger charge is 2.33. The van der Waals surface area contributed by atoms with E-state index in [0.29, 0.717) is 11.6 Å². The van der Waals surface area contributed by atoms with Gasteiger partial charge in [0.05, 0.1) is 13.0 Å². The Morgan fingerprint density at radius 2 is 1.95 bits per heavy atom. The average molecular weight is 296 g/mol. The first kappa shape index (κ1) is 14.9. The molecule has 1 fully saturated rings. The molecule has 20 heavy (non-hydrogen) atoms. The number of carbonyl (C=O) groups is 2. The topological polar surface area (TPSA) is 46.6 Å². The number of halogens is 1. The number of ether oxygens (including phenoxy) is 1. The first-order valence-corrected chi connectivity index (χ1v) is 7.17. The summed E-state index contributed by atoms with van der Waals surface area (Å²) in [5, 5.41) is 0.645. The largest absolute Gasteiger partial charge is 0.465 e. The van der Waals surface area contributed by atoms with Gasteiger partial charge in [-0.05, 0) is 37.5 Å². The predicted molar refractivity (Wildman–Crippen MR) is 76.5 cm³/mol. The van der Waals surface area contributed by atoms with Gasteiger partial charge in [-0.25, -0.2) is 0 Å². The van der Waals surface area contributed by atoms with Gasteiger partial charge in [0.1, 0.15) is 6.54 Å². The SMILES string of the molecule is CCOC(=O)CN(C(=O)Cc1ccc(Cl)cc1)C1CC1. The van der Waals surface area contributed by atoms with E-state index >= 15 is 0 Å². The Hall–Kier alpha value is -1.55. The number of rotatable bonds is 6. The van der Waals surface area contributed by atoms with Gasteiger partial charge < -0.3 is 9.64 Å². The summed E-state index contributed by atoms with van der Waals surface area (Å²) >= 11 is 5.82. The van der Waals surface area contributed by atoms with Crippen LogP contribution in [0.25, 0.3) is 0 Å². The molecule has 1 aliphatic rings. The molecule has 1 aromatic rings. The molecule has 4 nitrogen and oxygen atoms in total. The van der Waals surface area contributed by atoms with Gasteiger partial charge in [-0.3, -0.25) is 9.59 Å². The molecular formula is C15H18ClNO3. The predicted octanol–water partition coefficient (Wildman–Crippen LogP) is 2.44. The van der Waals surface area contributed by atoms with Crippen LogP contribution in [-0.2, 0) is 20.7 Å². The first-order chi connectivity index (χ1) is 9.60. The zero-order valence-electron chi connectivity index (χ0n) is 11.5. The van der Waals surface area contributed by atoms with Crippen LogP contribution < -0.4 is 0 Å². The van der Waals surface area contributed by atoms with Gasteiger partial charge in [-0.2, -0.15) is 0 Å². The van der Waals surface area contributed by atoms with Gasteiger partial charge >= 0.3 is 5.97 Å². The van der Waals surface area contributed by atoms with E-state index in [0.717, 1.165) is 18.4 Å². The molecule has 0 heterocycles. The highest BCUT2D eigenvalue weighted by Crippen LogP contribution is 2.27. The number of nitrogens with zero attached hydrogens (tertiary/aromatic N) is 1. The fraction of sp³-hybridized carbons (Fsp3) is 0.467. The molecule has 0 spiro atoms. The van der Waals surface area contributed by atoms with Gasteiger partial charge in [0.25, 0.3) is 0 Å². The molecule has 0 N–H and O–H groups in total. The van der Waals surface area contributed by atoms with Crippen LogP contribution in [0, 0.1) is 0 Å². The summed E-state index contributed by atoms with van der Waals surface area (Å²) in [5.41, 5.74) is 0.897. The minimum absolute atomic E-state index is 0.0390. The molecule has 0 saturated heterocycles. The van der Waals surface area contributed by atoms with Crippen LogP contribution in [0.3, 0.4) is 0 Å². The third-order valence-electron chi connectivity index (χ3n) is 3.18. The van der Waals surface area contributed by atoms with Crippen molar-refractivity contribution in [3.05, 3.63) is 34.9 Å². The second-order valence-electron chi connectivity index (χ2n) is 4.86. The standard InChI is InChI=1S/C15H18ClNO3/c1-2-20-15(19)10-17(13-7-8-13)14(18)9-11-3-5-12(16)6-4-11/h3-6,13H,2,7-10H2,1H3. The molecular weight excluding hydrogens is 278 g/mol. The molecule has 5 heteroatoms. The number of hydrogen-bond donors (Lipinski definition) is 0. The molecule has 108 valence electrons. The van der Waals surface area contributed by atoms with Crippen LogP contribution in [-0.4, -0.2) is 36.0 Å². The van der Waals surface area contributed by atoms with Crippen LogP contribution in [0.15, 0.2) is 24.3 Å². The van der Waals surface area contributed by atoms with E-state index in [1.54, 1.807) is 24.0 Å². The third-order valence-corrected chi connectivity index (χ3v) is 3.43. The minimum Gasteiger partial charge on any atom is -0.465 e. The highest BCUT2D eigenvalue weighted by atomic mass is 35.5. The molecule has 0 bridgehead atoms. The van der Waals surface area contributed by atoms with Gasteiger partial charge in [0.2, 0.25) is 5.91 Å². The van der Waals surface area contributed by atoms with Crippen molar-refractivity contribution >= 4 is 23.5 Å². The fourth-order valence-electron chi connectivity index (χ4n) is 2.03. The van der Waals surface area contributed by atoms with Gasteiger partial charge in [-0.1, -0.05) is 23.7 Å². The van der Waals surface area contributed by atoms with Crippen molar-refractivity contribution in [2.24, 2.45) is 0 Å². The second kappa shape index (κ2) is 6.75. The quantitative estimate of drug-likeness (QED) is 0.757. The summed E-state index contributed by atoms with van der Waals surface area (Å²) in [6.45, 7) is 2.14. The smallest absolute Gasteiger partial charge is 0.325 e. The van der Waals surface area contributed by atoms with Crippen molar-refractivity contribution < 1.29 is 14.3 Å². The third kappa shape index (κ3) is 4.23. The van der Waals surface area contributed by atoms with Gasteiger partial charge in [-0.15, -0.1) is 0 Å². The lowest BCUT2D eigenvalue weighted by atomic mass is 10.1. The first-order valence-electron chi connectivity index (χ1n) is 6.79. The molecule has 1 aliphatic carbocycles. The number of benzene rings is 1. The maximum absolute atomic E-state index is 12.3. The molecule has 2 rings (SSSR count). The van der Waals surface area contributed by atoms with Crippen molar-refractivity contribution in [3.8, 4) is 0 Å². The van der Waals surface area contributed by atoms with E-state index in [2.05, 4.69) is 0 Å². The Bertz CT molecular complexity index is 482. The summed E-state index contributed by atoms with van der Waals surface area (Å²) < 4.78 is 4.92. The lowest BCUT2D eigenvalue weighted by molar-refractivity contribution is -0.149. The summed E-state index contributed by atoms with van der Waals surface area (Å²) in [6, 6.07) is 7.37. The normalized spacial score (nSPS) is 13.9. The maximum Gasteiger partial charge on any atom is 0.325 e. The average Bonchev–Trinajstić information content (AvgIpc) is 3.23. The highest BCUT2D eigenvalue weighted by molar-refractivity contribution is 6.30. The monoisotopic (exact) mass is 295 g/mol. The summed E-state index contributed by atoms with van der Waals surface area (Å²) in [7, 11) is 0. The van der Waals surface area contributed by atoms with E-state index in [9.17, 15) is 9.59 Å². The Morgan fingerprint density at radius 3 is 2.50 bits per heavy atom. The van der Waals surface area contributed by atoms with Crippen LogP contribution in [0.4, 0.5) is 0 Å². The minimum atomic E-state index is -0.344. The molecule has 0 atom stereocenters. The maximum atomic E-state index is 12.3. The van der Waals surface area contributed by atoms with E-state index < -0.39 is 0 Å². The Kier molecular flexibility index (Phi) is 5.01. The van der Waals surface area contributed by atoms with Crippen LogP contribution in [0.2, 0.25) is 5.02 Å². The van der Waals surface area contributed by atoms with E-state index in [1.807, 2.05) is 12.1 Å². The Morgan fingerprint density at radius 1 is 1.30 bits per heavy atom.